The first-order chi connectivity index (χ1) is 10.3. The predicted octanol–water partition coefficient (Wildman–Crippen LogP) is 2.63. The van der Waals surface area contributed by atoms with Gasteiger partial charge in [0.05, 0.1) is 6.61 Å². The van der Waals surface area contributed by atoms with E-state index in [1.807, 2.05) is 24.3 Å². The molecule has 1 aromatic carbocycles. The molecular weight excluding hydrogens is 266 g/mol. The van der Waals surface area contributed by atoms with Gasteiger partial charge >= 0.3 is 0 Å². The number of hydrogen-bond donors (Lipinski definition) is 1. The van der Waals surface area contributed by atoms with Crippen molar-refractivity contribution in [1.82, 2.24) is 14.5 Å². The zero-order chi connectivity index (χ0) is 14.2. The quantitative estimate of drug-likeness (QED) is 0.784. The molecule has 1 aliphatic rings. The summed E-state index contributed by atoms with van der Waals surface area (Å²) in [6.07, 6.45) is 2.75. The van der Waals surface area contributed by atoms with Gasteiger partial charge in [-0.3, -0.25) is 4.57 Å². The Kier molecular flexibility index (Phi) is 2.86. The van der Waals surface area contributed by atoms with Gasteiger partial charge in [0.15, 0.2) is 5.65 Å². The van der Waals surface area contributed by atoms with Gasteiger partial charge in [-0.1, -0.05) is 0 Å². The zero-order valence-corrected chi connectivity index (χ0v) is 11.4. The van der Waals surface area contributed by atoms with Gasteiger partial charge in [-0.25, -0.2) is 9.97 Å². The first-order valence-electron chi connectivity index (χ1n) is 7.03. The Labute approximate surface area is 121 Å². The Morgan fingerprint density at radius 1 is 1.19 bits per heavy atom. The number of aromatic hydroxyl groups is 1. The summed E-state index contributed by atoms with van der Waals surface area (Å²) in [4.78, 5) is 9.22. The molecule has 1 atom stereocenters. The van der Waals surface area contributed by atoms with Gasteiger partial charge < -0.3 is 9.84 Å². The molecule has 0 aliphatic carbocycles. The maximum absolute atomic E-state index is 9.49. The van der Waals surface area contributed by atoms with Crippen molar-refractivity contribution >= 4 is 11.2 Å². The van der Waals surface area contributed by atoms with Crippen LogP contribution >= 0.6 is 0 Å². The number of aromatic nitrogens is 3. The van der Waals surface area contributed by atoms with E-state index in [-0.39, 0.29) is 11.7 Å². The number of hydrogen-bond acceptors (Lipinski definition) is 4. The maximum atomic E-state index is 9.49. The van der Waals surface area contributed by atoms with Crippen LogP contribution in [0, 0.1) is 0 Å². The van der Waals surface area contributed by atoms with Crippen molar-refractivity contribution in [2.24, 2.45) is 0 Å². The third-order valence-electron chi connectivity index (χ3n) is 3.84. The van der Waals surface area contributed by atoms with Crippen molar-refractivity contribution in [2.45, 2.75) is 12.3 Å². The topological polar surface area (TPSA) is 60.2 Å². The zero-order valence-electron chi connectivity index (χ0n) is 11.4. The molecule has 0 bridgehead atoms. The van der Waals surface area contributed by atoms with Crippen LogP contribution in [0.15, 0.2) is 42.6 Å². The third kappa shape index (κ3) is 2.06. The highest BCUT2D eigenvalue weighted by molar-refractivity contribution is 5.74. The monoisotopic (exact) mass is 281 g/mol. The maximum Gasteiger partial charge on any atom is 0.164 e. The van der Waals surface area contributed by atoms with Crippen LogP contribution in [0.25, 0.3) is 16.9 Å². The fourth-order valence-electron chi connectivity index (χ4n) is 2.80. The van der Waals surface area contributed by atoms with Crippen molar-refractivity contribution in [1.29, 1.82) is 0 Å². The number of nitrogens with zero attached hydrogens (tertiary/aromatic N) is 3. The molecule has 1 N–H and O–H groups in total. The molecule has 5 nitrogen and oxygen atoms in total. The van der Waals surface area contributed by atoms with E-state index in [0.717, 1.165) is 35.7 Å². The van der Waals surface area contributed by atoms with Crippen LogP contribution in [0.2, 0.25) is 0 Å². The molecule has 1 saturated heterocycles. The van der Waals surface area contributed by atoms with Crippen molar-refractivity contribution in [3.8, 4) is 11.4 Å². The van der Waals surface area contributed by atoms with Crippen LogP contribution in [0.3, 0.4) is 0 Å². The molecule has 21 heavy (non-hydrogen) atoms. The van der Waals surface area contributed by atoms with Gasteiger partial charge in [-0.05, 0) is 42.8 Å². The SMILES string of the molecule is Oc1ccc(-n2c(C3CCOC3)nc3cccnc32)cc1. The van der Waals surface area contributed by atoms with Gasteiger partial charge in [0.1, 0.15) is 17.1 Å². The number of benzene rings is 1. The standard InChI is InChI=1S/C16H15N3O2/c20-13-5-3-12(4-6-13)19-15(11-7-9-21-10-11)18-14-2-1-8-17-16(14)19/h1-6,8,11,20H,7,9-10H2. The molecule has 2 aromatic heterocycles. The number of fused-ring (bicyclic) bond motifs is 1. The van der Waals surface area contributed by atoms with E-state index in [1.54, 1.807) is 18.3 Å². The summed E-state index contributed by atoms with van der Waals surface area (Å²) in [5.41, 5.74) is 2.67. The van der Waals surface area contributed by atoms with Crippen molar-refractivity contribution < 1.29 is 9.84 Å². The first kappa shape index (κ1) is 12.3. The fourth-order valence-corrected chi connectivity index (χ4v) is 2.80. The van der Waals surface area contributed by atoms with E-state index in [9.17, 15) is 5.11 Å². The van der Waals surface area contributed by atoms with E-state index in [0.29, 0.717) is 6.61 Å². The van der Waals surface area contributed by atoms with Gasteiger partial charge in [-0.15, -0.1) is 0 Å². The third-order valence-corrected chi connectivity index (χ3v) is 3.84. The highest BCUT2D eigenvalue weighted by atomic mass is 16.5. The molecule has 4 rings (SSSR count). The molecule has 0 saturated carbocycles. The molecule has 106 valence electrons. The molecule has 0 amide bonds. The average molecular weight is 281 g/mol. The number of phenolic OH excluding ortho intramolecular Hbond substituents is 1. The lowest BCUT2D eigenvalue weighted by atomic mass is 10.1. The van der Waals surface area contributed by atoms with Crippen LogP contribution < -0.4 is 0 Å². The highest BCUT2D eigenvalue weighted by Crippen LogP contribution is 2.30. The number of imidazole rings is 1. The number of ether oxygens (including phenoxy) is 1. The first-order valence-corrected chi connectivity index (χ1v) is 7.03. The second kappa shape index (κ2) is 4.86. The van der Waals surface area contributed by atoms with Crippen LogP contribution in [-0.4, -0.2) is 32.9 Å². The van der Waals surface area contributed by atoms with Gasteiger partial charge in [0, 0.05) is 24.4 Å². The molecule has 3 heterocycles. The predicted molar refractivity (Wildman–Crippen MR) is 78.7 cm³/mol. The lowest BCUT2D eigenvalue weighted by Gasteiger charge is -2.12. The van der Waals surface area contributed by atoms with Crippen LogP contribution in [0.1, 0.15) is 18.2 Å². The molecule has 0 spiro atoms. The lowest BCUT2D eigenvalue weighted by Crippen LogP contribution is -2.08. The second-order valence-corrected chi connectivity index (χ2v) is 5.23. The summed E-state index contributed by atoms with van der Waals surface area (Å²) in [6.45, 7) is 1.47. The van der Waals surface area contributed by atoms with E-state index in [4.69, 9.17) is 9.72 Å². The minimum Gasteiger partial charge on any atom is -0.508 e. The number of pyridine rings is 1. The largest absolute Gasteiger partial charge is 0.508 e. The molecular formula is C16H15N3O2. The summed E-state index contributed by atoms with van der Waals surface area (Å²) >= 11 is 0. The van der Waals surface area contributed by atoms with E-state index in [1.165, 1.54) is 0 Å². The van der Waals surface area contributed by atoms with E-state index < -0.39 is 0 Å². The molecule has 3 aromatic rings. The van der Waals surface area contributed by atoms with Crippen LogP contribution in [0.5, 0.6) is 5.75 Å². The number of phenols is 1. The summed E-state index contributed by atoms with van der Waals surface area (Å²) in [7, 11) is 0. The Morgan fingerprint density at radius 2 is 2.05 bits per heavy atom. The van der Waals surface area contributed by atoms with Crippen molar-refractivity contribution in [3.05, 3.63) is 48.4 Å². The fraction of sp³-hybridized carbons (Fsp3) is 0.250. The number of rotatable bonds is 2. The summed E-state index contributed by atoms with van der Waals surface area (Å²) < 4.78 is 7.57. The Morgan fingerprint density at radius 3 is 2.81 bits per heavy atom. The summed E-state index contributed by atoms with van der Waals surface area (Å²) in [5, 5.41) is 9.49. The molecule has 1 aliphatic heterocycles. The summed E-state index contributed by atoms with van der Waals surface area (Å²) in [5.74, 6) is 1.52. The van der Waals surface area contributed by atoms with Crippen molar-refractivity contribution in [3.63, 3.8) is 0 Å². The highest BCUT2D eigenvalue weighted by Gasteiger charge is 2.25. The van der Waals surface area contributed by atoms with Crippen molar-refractivity contribution in [2.75, 3.05) is 13.2 Å². The summed E-state index contributed by atoms with van der Waals surface area (Å²) in [6, 6.07) is 11.0. The normalized spacial score (nSPS) is 18.4. The average Bonchev–Trinajstić information content (AvgIpc) is 3.15. The van der Waals surface area contributed by atoms with Crippen LogP contribution in [-0.2, 0) is 4.74 Å². The lowest BCUT2D eigenvalue weighted by molar-refractivity contribution is 0.193. The minimum atomic E-state index is 0.252. The minimum absolute atomic E-state index is 0.252. The molecule has 1 fully saturated rings. The molecule has 5 heteroatoms. The molecule has 1 unspecified atom stereocenters. The van der Waals surface area contributed by atoms with Gasteiger partial charge in [0.2, 0.25) is 0 Å². The van der Waals surface area contributed by atoms with E-state index >= 15 is 0 Å². The van der Waals surface area contributed by atoms with Crippen LogP contribution in [0.4, 0.5) is 0 Å². The second-order valence-electron chi connectivity index (χ2n) is 5.23. The van der Waals surface area contributed by atoms with E-state index in [2.05, 4.69) is 9.55 Å². The molecule has 0 radical (unpaired) electrons. The Hall–Kier alpha value is -2.40. The Balaban J connectivity index is 1.95. The Bertz CT molecular complexity index is 774. The van der Waals surface area contributed by atoms with Gasteiger partial charge in [-0.2, -0.15) is 0 Å². The smallest absolute Gasteiger partial charge is 0.164 e. The van der Waals surface area contributed by atoms with Gasteiger partial charge in [0.25, 0.3) is 0 Å².